The van der Waals surface area contributed by atoms with Crippen LogP contribution in [0.4, 0.5) is 0 Å². The number of esters is 2. The third-order valence-corrected chi connectivity index (χ3v) is 1.95. The average Bonchev–Trinajstić information content (AvgIpc) is 2.41. The molecule has 0 fully saturated rings. The van der Waals surface area contributed by atoms with E-state index in [0.29, 0.717) is 11.3 Å². The van der Waals surface area contributed by atoms with Crippen molar-refractivity contribution >= 4 is 11.9 Å². The van der Waals surface area contributed by atoms with Crippen molar-refractivity contribution in [1.29, 1.82) is 0 Å². The van der Waals surface area contributed by atoms with Crippen LogP contribution >= 0.6 is 0 Å². The topological polar surface area (TPSA) is 80.3 Å². The third-order valence-electron chi connectivity index (χ3n) is 1.95. The number of carbonyl (C=O) groups excluding carboxylic acids is 2. The van der Waals surface area contributed by atoms with E-state index in [1.807, 2.05) is 0 Å². The van der Waals surface area contributed by atoms with E-state index in [-0.39, 0.29) is 39.8 Å². The Balaban J connectivity index is 3.36. The number of carbonyl (C=O) groups is 2. The largest absolute Gasteiger partial charge is 0.473 e. The van der Waals surface area contributed by atoms with Crippen molar-refractivity contribution in [3.63, 3.8) is 0 Å². The highest BCUT2D eigenvalue weighted by Gasteiger charge is 2.04. The number of hydrogen-bond acceptors (Lipinski definition) is 7. The molecule has 0 atom stereocenters. The molecule has 7 heteroatoms. The van der Waals surface area contributed by atoms with Crippen molar-refractivity contribution in [2.45, 2.75) is 20.3 Å². The minimum absolute atomic E-state index is 0.0206. The zero-order valence-corrected chi connectivity index (χ0v) is 12.5. The van der Waals surface area contributed by atoms with E-state index in [0.717, 1.165) is 0 Å². The van der Waals surface area contributed by atoms with Crippen LogP contribution in [-0.2, 0) is 33.3 Å². The lowest BCUT2D eigenvalue weighted by Gasteiger charge is -2.08. The highest BCUT2D eigenvalue weighted by atomic mass is 16.7. The summed E-state index contributed by atoms with van der Waals surface area (Å²) in [6, 6.07) is 0. The number of rotatable bonds is 12. The monoisotopic (exact) mass is 302 g/mol. The lowest BCUT2D eigenvalue weighted by molar-refractivity contribution is -0.166. The zero-order chi connectivity index (χ0) is 16.1. The molecule has 0 aliphatic carbocycles. The highest BCUT2D eigenvalue weighted by Crippen LogP contribution is 1.94. The first-order chi connectivity index (χ1) is 9.93. The van der Waals surface area contributed by atoms with Gasteiger partial charge in [-0.25, -0.2) is 4.79 Å². The molecule has 0 aliphatic rings. The maximum atomic E-state index is 11.2. The maximum Gasteiger partial charge on any atom is 0.333 e. The van der Waals surface area contributed by atoms with Crippen molar-refractivity contribution in [1.82, 2.24) is 0 Å². The predicted molar refractivity (Wildman–Crippen MR) is 74.0 cm³/mol. The number of hydrogen-bond donors (Lipinski definition) is 0. The second-order valence-electron chi connectivity index (χ2n) is 4.08. The molecule has 21 heavy (non-hydrogen) atoms. The van der Waals surface area contributed by atoms with Gasteiger partial charge in [-0.1, -0.05) is 13.2 Å². The van der Waals surface area contributed by atoms with Crippen LogP contribution in [0.25, 0.3) is 0 Å². The van der Waals surface area contributed by atoms with Gasteiger partial charge in [0.25, 0.3) is 0 Å². The fourth-order valence-corrected chi connectivity index (χ4v) is 0.930. The summed E-state index contributed by atoms with van der Waals surface area (Å²) in [5.41, 5.74) is 0.328. The Morgan fingerprint density at radius 2 is 1.52 bits per heavy atom. The molecule has 0 aromatic heterocycles. The average molecular weight is 302 g/mol. The minimum Gasteiger partial charge on any atom is -0.473 e. The van der Waals surface area contributed by atoms with Crippen LogP contribution in [0.5, 0.6) is 0 Å². The highest BCUT2D eigenvalue weighted by molar-refractivity contribution is 5.86. The molecule has 0 spiro atoms. The summed E-state index contributed by atoms with van der Waals surface area (Å²) < 4.78 is 24.4. The van der Waals surface area contributed by atoms with E-state index < -0.39 is 11.9 Å². The second kappa shape index (κ2) is 11.9. The fourth-order valence-electron chi connectivity index (χ4n) is 0.930. The van der Waals surface area contributed by atoms with E-state index in [2.05, 4.69) is 13.2 Å². The number of allylic oxidation sites excluding steroid dienone is 1. The predicted octanol–water partition coefficient (Wildman–Crippen LogP) is 1.54. The Labute approximate surface area is 124 Å². The van der Waals surface area contributed by atoms with Crippen LogP contribution in [0.15, 0.2) is 24.5 Å². The molecule has 0 saturated heterocycles. The van der Waals surface area contributed by atoms with Gasteiger partial charge in [0, 0.05) is 5.57 Å². The van der Waals surface area contributed by atoms with Crippen LogP contribution in [0.2, 0.25) is 0 Å². The third kappa shape index (κ3) is 12.9. The minimum atomic E-state index is -0.466. The number of ether oxygens (including phenoxy) is 5. The van der Waals surface area contributed by atoms with Crippen LogP contribution in [-0.4, -0.2) is 45.3 Å². The van der Waals surface area contributed by atoms with Crippen LogP contribution < -0.4 is 0 Å². The van der Waals surface area contributed by atoms with Gasteiger partial charge in [0.2, 0.25) is 0 Å². The Hall–Kier alpha value is -1.86. The summed E-state index contributed by atoms with van der Waals surface area (Å²) in [5, 5.41) is 0. The molecule has 0 radical (unpaired) electrons. The fraction of sp³-hybridized carbons (Fsp3) is 0.571. The summed E-state index contributed by atoms with van der Waals surface area (Å²) in [4.78, 5) is 22.2. The van der Waals surface area contributed by atoms with Crippen molar-refractivity contribution in [3.8, 4) is 0 Å². The molecular weight excluding hydrogens is 280 g/mol. The van der Waals surface area contributed by atoms with Crippen LogP contribution in [0.1, 0.15) is 20.3 Å². The summed E-state index contributed by atoms with van der Waals surface area (Å²) in [6.45, 7) is 10.5. The van der Waals surface area contributed by atoms with Crippen molar-refractivity contribution in [2.24, 2.45) is 0 Å². The summed E-state index contributed by atoms with van der Waals surface area (Å²) in [5.74, 6) is -0.404. The van der Waals surface area contributed by atoms with Crippen LogP contribution in [0, 0.1) is 0 Å². The van der Waals surface area contributed by atoms with Gasteiger partial charge >= 0.3 is 11.9 Å². The van der Waals surface area contributed by atoms with Gasteiger partial charge in [-0.2, -0.15) is 0 Å². The first-order valence-corrected chi connectivity index (χ1v) is 6.35. The molecule has 0 unspecified atom stereocenters. The van der Waals surface area contributed by atoms with Gasteiger partial charge in [0.15, 0.2) is 13.6 Å². The molecule has 0 N–H and O–H groups in total. The molecular formula is C14H22O7. The van der Waals surface area contributed by atoms with Crippen molar-refractivity contribution in [2.75, 3.05) is 33.4 Å². The Bertz CT molecular complexity index is 362. The van der Waals surface area contributed by atoms with Crippen molar-refractivity contribution in [3.05, 3.63) is 24.5 Å². The molecule has 7 nitrogen and oxygen atoms in total. The Morgan fingerprint density at radius 3 is 2.14 bits per heavy atom. The SMILES string of the molecule is C=C(C)OCOCOC(=O)CCOCCOC(=O)C(=C)C. The molecule has 120 valence electrons. The van der Waals surface area contributed by atoms with Gasteiger partial charge in [0.1, 0.15) is 6.61 Å². The summed E-state index contributed by atoms with van der Waals surface area (Å²) in [6.07, 6.45) is 0.0825. The molecule has 0 rings (SSSR count). The normalized spacial score (nSPS) is 9.81. The zero-order valence-electron chi connectivity index (χ0n) is 12.5. The summed E-state index contributed by atoms with van der Waals surface area (Å²) >= 11 is 0. The molecule has 0 aliphatic heterocycles. The second-order valence-corrected chi connectivity index (χ2v) is 4.08. The van der Waals surface area contributed by atoms with Gasteiger partial charge in [-0.05, 0) is 13.8 Å². The maximum absolute atomic E-state index is 11.2. The molecule has 0 heterocycles. The van der Waals surface area contributed by atoms with Crippen LogP contribution in [0.3, 0.4) is 0 Å². The standard InChI is InChI=1S/C14H22O7/c1-11(2)14(16)19-8-7-17-6-5-13(15)21-10-18-9-20-12(3)4/h1,3,5-10H2,2,4H3. The lowest BCUT2D eigenvalue weighted by atomic mass is 10.4. The molecule has 0 bridgehead atoms. The molecule has 0 saturated carbocycles. The van der Waals surface area contributed by atoms with E-state index in [1.165, 1.54) is 0 Å². The van der Waals surface area contributed by atoms with Gasteiger partial charge in [0.05, 0.1) is 25.4 Å². The van der Waals surface area contributed by atoms with E-state index in [1.54, 1.807) is 13.8 Å². The lowest BCUT2D eigenvalue weighted by Crippen LogP contribution is -2.14. The van der Waals surface area contributed by atoms with E-state index in [9.17, 15) is 9.59 Å². The molecule has 0 aromatic rings. The van der Waals surface area contributed by atoms with Gasteiger partial charge < -0.3 is 23.7 Å². The molecule has 0 amide bonds. The first kappa shape index (κ1) is 19.1. The van der Waals surface area contributed by atoms with Gasteiger partial charge in [-0.3, -0.25) is 4.79 Å². The van der Waals surface area contributed by atoms with E-state index >= 15 is 0 Å². The first-order valence-electron chi connectivity index (χ1n) is 6.35. The summed E-state index contributed by atoms with van der Waals surface area (Å²) in [7, 11) is 0. The smallest absolute Gasteiger partial charge is 0.333 e. The Kier molecular flexibility index (Phi) is 10.9. The van der Waals surface area contributed by atoms with Crippen molar-refractivity contribution < 1.29 is 33.3 Å². The quantitative estimate of drug-likeness (QED) is 0.178. The molecule has 0 aromatic carbocycles. The Morgan fingerprint density at radius 1 is 0.857 bits per heavy atom. The van der Waals surface area contributed by atoms with E-state index in [4.69, 9.17) is 23.7 Å². The van der Waals surface area contributed by atoms with Gasteiger partial charge in [-0.15, -0.1) is 0 Å².